The van der Waals surface area contributed by atoms with Gasteiger partial charge in [0.2, 0.25) is 0 Å². The Hall–Kier alpha value is -3.50. The number of ether oxygens (including phenoxy) is 4. The van der Waals surface area contributed by atoms with E-state index in [9.17, 15) is 4.79 Å². The van der Waals surface area contributed by atoms with E-state index in [1.807, 2.05) is 55.4 Å². The Morgan fingerprint density at radius 3 is 2.46 bits per heavy atom. The van der Waals surface area contributed by atoms with Crippen LogP contribution in [0.2, 0.25) is 0 Å². The maximum Gasteiger partial charge on any atom is 0.253 e. The third-order valence-electron chi connectivity index (χ3n) is 6.19. The lowest BCUT2D eigenvalue weighted by Crippen LogP contribution is -2.43. The Bertz CT molecular complexity index is 1310. The average molecular weight is 527 g/mol. The molecular weight excluding hydrogens is 492 g/mol. The Balaban J connectivity index is 1.47. The third kappa shape index (κ3) is 6.64. The normalized spacial score (nSPS) is 12.5. The molecule has 0 unspecified atom stereocenters. The lowest BCUT2D eigenvalue weighted by atomic mass is 10.1. The monoisotopic (exact) mass is 526 g/mol. The molecule has 0 spiro atoms. The highest BCUT2D eigenvalue weighted by Gasteiger charge is 2.17. The molecule has 2 aromatic carbocycles. The summed E-state index contributed by atoms with van der Waals surface area (Å²) in [6.45, 7) is 3.50. The minimum atomic E-state index is -0.146. The van der Waals surface area contributed by atoms with Crippen LogP contribution in [-0.4, -0.2) is 81.1 Å². The zero-order valence-electron chi connectivity index (χ0n) is 21.8. The smallest absolute Gasteiger partial charge is 0.253 e. The van der Waals surface area contributed by atoms with Gasteiger partial charge in [0.15, 0.2) is 28.1 Å². The van der Waals surface area contributed by atoms with Gasteiger partial charge in [-0.05, 0) is 62.6 Å². The van der Waals surface area contributed by atoms with Crippen molar-refractivity contribution in [2.45, 2.75) is 13.0 Å². The fraction of sp³-hybridized carbons (Fsp3) is 0.407. The summed E-state index contributed by atoms with van der Waals surface area (Å²) in [5, 5.41) is 4.85. The number of benzene rings is 2. The van der Waals surface area contributed by atoms with E-state index < -0.39 is 0 Å². The van der Waals surface area contributed by atoms with E-state index in [4.69, 9.17) is 31.2 Å². The van der Waals surface area contributed by atoms with Crippen molar-refractivity contribution in [2.75, 3.05) is 61.2 Å². The molecule has 1 aliphatic rings. The summed E-state index contributed by atoms with van der Waals surface area (Å²) in [5.74, 6) is 2.73. The van der Waals surface area contributed by atoms with Gasteiger partial charge in [0, 0.05) is 36.7 Å². The van der Waals surface area contributed by atoms with Gasteiger partial charge in [-0.1, -0.05) is 6.07 Å². The van der Waals surface area contributed by atoms with E-state index in [0.29, 0.717) is 72.0 Å². The van der Waals surface area contributed by atoms with Crippen LogP contribution in [0, 0.1) is 0 Å². The number of thiocarbonyl (C=S) groups is 1. The van der Waals surface area contributed by atoms with E-state index >= 15 is 0 Å². The van der Waals surface area contributed by atoms with E-state index in [1.54, 1.807) is 14.2 Å². The van der Waals surface area contributed by atoms with E-state index in [1.165, 1.54) is 0 Å². The van der Waals surface area contributed by atoms with Crippen LogP contribution in [0.5, 0.6) is 23.0 Å². The molecule has 4 rings (SSSR count). The first-order valence-electron chi connectivity index (χ1n) is 12.2. The van der Waals surface area contributed by atoms with Crippen molar-refractivity contribution in [3.63, 3.8) is 0 Å². The van der Waals surface area contributed by atoms with Gasteiger partial charge in [0.1, 0.15) is 13.2 Å². The van der Waals surface area contributed by atoms with Gasteiger partial charge >= 0.3 is 0 Å². The molecule has 0 amide bonds. The summed E-state index contributed by atoms with van der Waals surface area (Å²) in [6.07, 6.45) is 0.756. The quantitative estimate of drug-likeness (QED) is 0.387. The summed E-state index contributed by atoms with van der Waals surface area (Å²) in [4.78, 5) is 20.1. The fourth-order valence-electron chi connectivity index (χ4n) is 4.15. The Morgan fingerprint density at radius 1 is 1.03 bits per heavy atom. The topological polar surface area (TPSA) is 88.3 Å². The minimum Gasteiger partial charge on any atom is -0.493 e. The second-order valence-electron chi connectivity index (χ2n) is 9.10. The summed E-state index contributed by atoms with van der Waals surface area (Å²) >= 11 is 5.75. The van der Waals surface area contributed by atoms with Crippen molar-refractivity contribution in [2.24, 2.45) is 0 Å². The van der Waals surface area contributed by atoms with Gasteiger partial charge in [-0.3, -0.25) is 4.79 Å². The lowest BCUT2D eigenvalue weighted by molar-refractivity contribution is 0.172. The average Bonchev–Trinajstić information content (AvgIpc) is 2.89. The molecule has 1 aliphatic heterocycles. The molecule has 37 heavy (non-hydrogen) atoms. The molecule has 10 heteroatoms. The van der Waals surface area contributed by atoms with E-state index in [0.717, 1.165) is 23.9 Å². The highest BCUT2D eigenvalue weighted by atomic mass is 32.1. The molecule has 0 bridgehead atoms. The largest absolute Gasteiger partial charge is 0.493 e. The van der Waals surface area contributed by atoms with E-state index in [-0.39, 0.29) is 5.56 Å². The number of H-pyrrole nitrogens is 1. The first kappa shape index (κ1) is 26.6. The van der Waals surface area contributed by atoms with Crippen LogP contribution in [0.4, 0.5) is 0 Å². The highest BCUT2D eigenvalue weighted by Crippen LogP contribution is 2.33. The van der Waals surface area contributed by atoms with Crippen LogP contribution in [0.15, 0.2) is 41.2 Å². The number of nitrogens with zero attached hydrogens (tertiary/aromatic N) is 2. The third-order valence-corrected chi connectivity index (χ3v) is 6.59. The Morgan fingerprint density at radius 2 is 1.76 bits per heavy atom. The summed E-state index contributed by atoms with van der Waals surface area (Å²) in [5.41, 5.74) is 2.31. The number of methoxy groups -OCH3 is 2. The molecular formula is C27H34N4O5S. The predicted octanol–water partition coefficient (Wildman–Crippen LogP) is 2.80. The first-order valence-corrected chi connectivity index (χ1v) is 12.6. The molecule has 0 radical (unpaired) electrons. The zero-order valence-corrected chi connectivity index (χ0v) is 22.6. The first-order chi connectivity index (χ1) is 17.9. The minimum absolute atomic E-state index is 0.146. The Labute approximate surface area is 222 Å². The molecule has 0 aliphatic carbocycles. The number of pyridine rings is 1. The van der Waals surface area contributed by atoms with Gasteiger partial charge < -0.3 is 39.0 Å². The van der Waals surface area contributed by atoms with Gasteiger partial charge in [-0.25, -0.2) is 0 Å². The summed E-state index contributed by atoms with van der Waals surface area (Å²) in [6, 6.07) is 11.5. The number of aromatic amines is 1. The molecule has 2 heterocycles. The standard InChI is InChI=1S/C27H34N4O5S/c1-30(2)9-10-31(27(37)28-8-7-18-5-6-22(33-3)23(13-18)34-4)17-20-14-19-15-24-25(36-12-11-35-24)16-21(19)29-26(20)32/h5-6,13-16H,7-12,17H2,1-4H3,(H,28,37)(H,29,32). The van der Waals surface area contributed by atoms with Crippen molar-refractivity contribution >= 4 is 28.2 Å². The Kier molecular flexibility index (Phi) is 8.73. The maximum absolute atomic E-state index is 13.0. The number of rotatable bonds is 10. The van der Waals surface area contributed by atoms with Crippen LogP contribution in [0.3, 0.4) is 0 Å². The molecule has 0 fully saturated rings. The van der Waals surface area contributed by atoms with Gasteiger partial charge in [-0.15, -0.1) is 0 Å². The number of likely N-dealkylation sites (N-methyl/N-ethyl adjacent to an activating group) is 1. The zero-order chi connectivity index (χ0) is 26.4. The van der Waals surface area contributed by atoms with Gasteiger partial charge in [-0.2, -0.15) is 0 Å². The highest BCUT2D eigenvalue weighted by molar-refractivity contribution is 7.80. The predicted molar refractivity (Wildman–Crippen MR) is 148 cm³/mol. The van der Waals surface area contributed by atoms with Crippen molar-refractivity contribution in [3.05, 3.63) is 57.9 Å². The van der Waals surface area contributed by atoms with Crippen molar-refractivity contribution < 1.29 is 18.9 Å². The van der Waals surface area contributed by atoms with Crippen molar-refractivity contribution in [1.29, 1.82) is 0 Å². The van der Waals surface area contributed by atoms with Gasteiger partial charge in [0.25, 0.3) is 5.56 Å². The number of hydrogen-bond acceptors (Lipinski definition) is 7. The summed E-state index contributed by atoms with van der Waals surface area (Å²) in [7, 11) is 7.28. The van der Waals surface area contributed by atoms with Gasteiger partial charge in [0.05, 0.1) is 26.3 Å². The van der Waals surface area contributed by atoms with Crippen molar-refractivity contribution in [3.8, 4) is 23.0 Å². The summed E-state index contributed by atoms with van der Waals surface area (Å²) < 4.78 is 22.1. The fourth-order valence-corrected chi connectivity index (χ4v) is 4.40. The molecule has 198 valence electrons. The molecule has 0 atom stereocenters. The SMILES string of the molecule is COc1ccc(CCNC(=S)N(CCN(C)C)Cc2cc3cc4c(cc3[nH]c2=O)OCCO4)cc1OC. The number of aromatic nitrogens is 1. The van der Waals surface area contributed by atoms with Crippen molar-refractivity contribution in [1.82, 2.24) is 20.1 Å². The van der Waals surface area contributed by atoms with Crippen LogP contribution in [0.1, 0.15) is 11.1 Å². The van der Waals surface area contributed by atoms with Crippen LogP contribution >= 0.6 is 12.2 Å². The molecule has 1 aromatic heterocycles. The number of hydrogen-bond donors (Lipinski definition) is 2. The van der Waals surface area contributed by atoms with Crippen LogP contribution in [-0.2, 0) is 13.0 Å². The number of nitrogens with one attached hydrogen (secondary N) is 2. The molecule has 0 saturated carbocycles. The van der Waals surface area contributed by atoms with Crippen LogP contribution < -0.4 is 29.8 Å². The molecule has 0 saturated heterocycles. The molecule has 2 N–H and O–H groups in total. The van der Waals surface area contributed by atoms with Crippen LogP contribution in [0.25, 0.3) is 10.9 Å². The molecule has 3 aromatic rings. The second-order valence-corrected chi connectivity index (χ2v) is 9.49. The number of fused-ring (bicyclic) bond motifs is 2. The lowest BCUT2D eigenvalue weighted by Gasteiger charge is -2.27. The van der Waals surface area contributed by atoms with E-state index in [2.05, 4.69) is 15.2 Å². The molecule has 9 nitrogen and oxygen atoms in total. The maximum atomic E-state index is 13.0. The second kappa shape index (κ2) is 12.2.